The van der Waals surface area contributed by atoms with Crippen molar-refractivity contribution in [3.8, 4) is 0 Å². The van der Waals surface area contributed by atoms with Crippen LogP contribution in [0.4, 0.5) is 0 Å². The van der Waals surface area contributed by atoms with Gasteiger partial charge in [0.15, 0.2) is 43.8 Å². The van der Waals surface area contributed by atoms with Crippen LogP contribution in [0.3, 0.4) is 0 Å². The van der Waals surface area contributed by atoms with Crippen molar-refractivity contribution in [1.82, 2.24) is 0 Å². The Morgan fingerprint density at radius 2 is 0.527 bits per heavy atom. The molecule has 0 amide bonds. The molecule has 33 nitrogen and oxygen atoms in total. The third kappa shape index (κ3) is 12.2. The summed E-state index contributed by atoms with van der Waals surface area (Å²) >= 11 is 0. The lowest BCUT2D eigenvalue weighted by Crippen LogP contribution is -2.69. The molecule has 0 aromatic heterocycles. The van der Waals surface area contributed by atoms with Crippen LogP contribution in [0.1, 0.15) is 12.8 Å². The van der Waals surface area contributed by atoms with Crippen LogP contribution in [0.15, 0.2) is 0 Å². The number of carbonyl (C=O) groups is 2. The first-order chi connectivity index (χ1) is 35.2. The Bertz CT molecular complexity index is 1780. The van der Waals surface area contributed by atoms with Crippen LogP contribution in [-0.4, -0.2) is 330 Å². The molecule has 0 spiro atoms. The van der Waals surface area contributed by atoms with Crippen LogP contribution < -0.4 is 0 Å². The van der Waals surface area contributed by atoms with E-state index < -0.39 is 249 Å². The van der Waals surface area contributed by atoms with E-state index in [1.165, 1.54) is 0 Å². The summed E-state index contributed by atoms with van der Waals surface area (Å²) in [6.07, 6.45) is -61.7. The van der Waals surface area contributed by atoms with Crippen molar-refractivity contribution in [2.24, 2.45) is 0 Å². The molecular formula is C41H66O33. The molecule has 22 rings (SSSR count). The Morgan fingerprint density at radius 1 is 0.311 bits per heavy atom. The quantitative estimate of drug-likeness (QED) is 0.0903. The maximum absolute atomic E-state index is 13.2. The lowest BCUT2D eigenvalue weighted by Gasteiger charge is -2.51. The van der Waals surface area contributed by atoms with Crippen LogP contribution in [0.25, 0.3) is 0 Å². The SMILES string of the molecule is COC(=O)CCC(=O)O[C@@H]1[C@@H](O)[C@H]2O[C@H]3[C@H](O)[C@@H](O)[C@@H](O[C@H]4[C@H](O)[C@@H](O)[C@@H](O[C@H]5[C@H](O)[C@@H](O)[C@@H](O[C@H]6[C@H](O)[C@@H](O)[C@@H](O[C@H]7[C@H](O)[C@@H](O)[C@@H](O[C@H]1[C@@H](CO)O2)O[C@@H]7CO)O[C@@H]6CO)O[C@@H]5CO)O[C@@H]4CO)O[C@@H]3CO. The van der Waals surface area contributed by atoms with Gasteiger partial charge in [0.05, 0.1) is 59.6 Å². The molecule has 17 N–H and O–H groups in total. The number of carbonyl (C=O) groups excluding carboxylic acids is 2. The number of hydrogen-bond acceptors (Lipinski definition) is 33. The first-order valence-electron chi connectivity index (χ1n) is 23.5. The minimum absolute atomic E-state index is 0.544. The summed E-state index contributed by atoms with van der Waals surface area (Å²) in [4.78, 5) is 25.1. The summed E-state index contributed by atoms with van der Waals surface area (Å²) in [6.45, 7) is -6.32. The standard InChI is InChI=1S/C41H66O33/c1-61-16(48)2-3-17(49)68-35-28(60)41-67-15(9-47)34(35)74-40-27(59)22(54)32(13(7-45)66-40)72-38-25(57)20(52)30(11(5-43)64-38)70-36-23(55)18(50)29(10(4-42)62-36)69-37-24(56)19(51)31(12(6-44)63-37)71-39-26(58)21(53)33(73-41)14(8-46)65-39/h10-15,18-47,50-60H,2-9H2,1H3/t10-,11-,12-,13-,14-,15-,18-,19-,20-,21-,22-,23-,24-,25-,26-,27-,28-,29-,30-,31-,32-,33-,34+,35-,36-,37-,38-,39-,40-,41-/m1/s1. The number of esters is 2. The number of ether oxygens (including phenoxy) is 14. The molecule has 22 heterocycles. The zero-order chi connectivity index (χ0) is 54.0. The van der Waals surface area contributed by atoms with Crippen molar-refractivity contribution in [1.29, 1.82) is 0 Å². The summed E-state index contributed by atoms with van der Waals surface area (Å²) in [6, 6.07) is 0. The Morgan fingerprint density at radius 3 is 0.770 bits per heavy atom. The molecule has 0 unspecified atom stereocenters. The minimum Gasteiger partial charge on any atom is -0.469 e. The Balaban J connectivity index is 1.23. The van der Waals surface area contributed by atoms with Gasteiger partial charge in [0.2, 0.25) is 0 Å². The summed E-state index contributed by atoms with van der Waals surface area (Å²) in [5, 5.41) is 187. The lowest BCUT2D eigenvalue weighted by atomic mass is 9.94. The molecular weight excluding hydrogens is 1020 g/mol. The smallest absolute Gasteiger partial charge is 0.306 e. The van der Waals surface area contributed by atoms with Gasteiger partial charge >= 0.3 is 11.9 Å². The van der Waals surface area contributed by atoms with E-state index >= 15 is 0 Å². The van der Waals surface area contributed by atoms with Gasteiger partial charge in [-0.2, -0.15) is 0 Å². The van der Waals surface area contributed by atoms with E-state index in [-0.39, 0.29) is 0 Å². The zero-order valence-corrected chi connectivity index (χ0v) is 39.1. The van der Waals surface area contributed by atoms with E-state index in [9.17, 15) is 96.4 Å². The molecule has 0 aromatic rings. The predicted octanol–water partition coefficient (Wildman–Crippen LogP) is -12.6. The van der Waals surface area contributed by atoms with Gasteiger partial charge in [0.1, 0.15) is 140 Å². The van der Waals surface area contributed by atoms with Crippen molar-refractivity contribution in [2.45, 2.75) is 197 Å². The third-order valence-corrected chi connectivity index (χ3v) is 13.7. The summed E-state index contributed by atoms with van der Waals surface area (Å²) in [5.41, 5.74) is 0. The number of methoxy groups -OCH3 is 1. The summed E-state index contributed by atoms with van der Waals surface area (Å²) in [5.74, 6) is -2.06. The molecule has 22 fully saturated rings. The predicted molar refractivity (Wildman–Crippen MR) is 221 cm³/mol. The first kappa shape index (κ1) is 59.4. The van der Waals surface area contributed by atoms with Gasteiger partial charge in [0, 0.05) is 0 Å². The first-order valence-corrected chi connectivity index (χ1v) is 23.5. The molecule has 0 aromatic carbocycles. The maximum Gasteiger partial charge on any atom is 0.306 e. The molecule has 428 valence electrons. The van der Waals surface area contributed by atoms with E-state index in [2.05, 4.69) is 4.74 Å². The molecule has 22 aliphatic rings. The second-order valence-corrected chi connectivity index (χ2v) is 18.4. The van der Waals surface area contributed by atoms with Crippen molar-refractivity contribution in [3.05, 3.63) is 0 Å². The van der Waals surface area contributed by atoms with Crippen molar-refractivity contribution < 1.29 is 163 Å². The number of rotatable bonds is 10. The topological polar surface area (TPSA) is 507 Å². The van der Waals surface area contributed by atoms with Crippen LogP contribution in [-0.2, 0) is 75.9 Å². The van der Waals surface area contributed by atoms with Gasteiger partial charge in [-0.3, -0.25) is 9.59 Å². The van der Waals surface area contributed by atoms with Gasteiger partial charge in [0.25, 0.3) is 0 Å². The molecule has 0 saturated carbocycles. The molecule has 0 radical (unpaired) electrons. The maximum atomic E-state index is 13.2. The molecule has 22 aliphatic heterocycles. The highest BCUT2D eigenvalue weighted by molar-refractivity contribution is 5.77. The van der Waals surface area contributed by atoms with Crippen molar-refractivity contribution in [3.63, 3.8) is 0 Å². The third-order valence-electron chi connectivity index (χ3n) is 13.7. The Labute approximate surface area is 418 Å². The molecule has 22 saturated heterocycles. The fourth-order valence-corrected chi connectivity index (χ4v) is 9.56. The van der Waals surface area contributed by atoms with Crippen LogP contribution >= 0.6 is 0 Å². The van der Waals surface area contributed by atoms with E-state index in [4.69, 9.17) is 61.6 Å². The summed E-state index contributed by atoms with van der Waals surface area (Å²) in [7, 11) is 1.04. The Hall–Kier alpha value is -2.22. The van der Waals surface area contributed by atoms with E-state index in [0.29, 0.717) is 0 Å². The van der Waals surface area contributed by atoms with Crippen molar-refractivity contribution in [2.75, 3.05) is 46.8 Å². The zero-order valence-electron chi connectivity index (χ0n) is 39.1. The van der Waals surface area contributed by atoms with Gasteiger partial charge in [-0.05, 0) is 0 Å². The lowest BCUT2D eigenvalue weighted by molar-refractivity contribution is -0.404. The van der Waals surface area contributed by atoms with Crippen LogP contribution in [0.5, 0.6) is 0 Å². The second-order valence-electron chi connectivity index (χ2n) is 18.4. The number of aliphatic hydroxyl groups excluding tert-OH is 17. The monoisotopic (exact) mass is 1090 g/mol. The number of hydrogen-bond donors (Lipinski definition) is 17. The van der Waals surface area contributed by atoms with Gasteiger partial charge < -0.3 is 153 Å². The van der Waals surface area contributed by atoms with E-state index in [0.717, 1.165) is 7.11 Å². The average Bonchev–Trinajstić information content (AvgIpc) is 3.39. The minimum atomic E-state index is -2.27. The van der Waals surface area contributed by atoms with Crippen molar-refractivity contribution >= 4 is 11.9 Å². The van der Waals surface area contributed by atoms with Gasteiger partial charge in [-0.1, -0.05) is 0 Å². The van der Waals surface area contributed by atoms with E-state index in [1.54, 1.807) is 0 Å². The highest BCUT2D eigenvalue weighted by Crippen LogP contribution is 2.38. The molecule has 0 aliphatic carbocycles. The molecule has 33 heteroatoms. The fourth-order valence-electron chi connectivity index (χ4n) is 9.56. The van der Waals surface area contributed by atoms with Gasteiger partial charge in [-0.15, -0.1) is 0 Å². The molecule has 74 heavy (non-hydrogen) atoms. The van der Waals surface area contributed by atoms with E-state index in [1.807, 2.05) is 0 Å². The van der Waals surface area contributed by atoms with Crippen LogP contribution in [0.2, 0.25) is 0 Å². The number of aliphatic hydroxyl groups is 17. The molecule has 30 atom stereocenters. The fraction of sp³-hybridized carbons (Fsp3) is 0.951. The average molecular weight is 1090 g/mol. The summed E-state index contributed by atoms with van der Waals surface area (Å²) < 4.78 is 78.8. The second kappa shape index (κ2) is 25.7. The highest BCUT2D eigenvalue weighted by Gasteiger charge is 2.59. The van der Waals surface area contributed by atoms with Crippen LogP contribution in [0, 0.1) is 0 Å². The largest absolute Gasteiger partial charge is 0.469 e. The highest BCUT2D eigenvalue weighted by atomic mass is 16.8. The normalized spacial score (nSPS) is 50.5. The Kier molecular flexibility index (Phi) is 20.7. The molecule has 12 bridgehead atoms. The van der Waals surface area contributed by atoms with Gasteiger partial charge in [-0.25, -0.2) is 0 Å².